The van der Waals surface area contributed by atoms with Gasteiger partial charge in [-0.15, -0.1) is 10.2 Å². The van der Waals surface area contributed by atoms with E-state index < -0.39 is 4.92 Å². The van der Waals surface area contributed by atoms with E-state index in [1.54, 1.807) is 23.9 Å². The molecule has 0 bridgehead atoms. The fourth-order valence-electron chi connectivity index (χ4n) is 2.32. The standard InChI is InChI=1S/C17H16N4O2S/c1-2-16-18-19-17(20(16)14-6-4-3-5-7-14)24-12-13-8-10-15(11-9-13)21(22)23/h3-11H,2,12H2,1H3. The molecule has 6 nitrogen and oxygen atoms in total. The van der Waals surface area contributed by atoms with Crippen LogP contribution in [0, 0.1) is 10.1 Å². The highest BCUT2D eigenvalue weighted by Gasteiger charge is 2.13. The Bertz CT molecular complexity index is 832. The van der Waals surface area contributed by atoms with E-state index in [1.807, 2.05) is 37.3 Å². The van der Waals surface area contributed by atoms with Crippen molar-refractivity contribution < 1.29 is 4.92 Å². The van der Waals surface area contributed by atoms with Crippen LogP contribution in [0.5, 0.6) is 0 Å². The van der Waals surface area contributed by atoms with Crippen molar-refractivity contribution >= 4 is 17.4 Å². The third-order valence-corrected chi connectivity index (χ3v) is 4.55. The zero-order chi connectivity index (χ0) is 16.9. The molecule has 7 heteroatoms. The lowest BCUT2D eigenvalue weighted by Crippen LogP contribution is -2.01. The van der Waals surface area contributed by atoms with Crippen molar-refractivity contribution in [2.24, 2.45) is 0 Å². The van der Waals surface area contributed by atoms with Crippen molar-refractivity contribution in [1.29, 1.82) is 0 Å². The van der Waals surface area contributed by atoms with Crippen LogP contribution in [0.25, 0.3) is 5.69 Å². The molecule has 0 N–H and O–H groups in total. The van der Waals surface area contributed by atoms with Gasteiger partial charge in [-0.3, -0.25) is 14.7 Å². The summed E-state index contributed by atoms with van der Waals surface area (Å²) in [7, 11) is 0. The molecule has 2 aromatic carbocycles. The van der Waals surface area contributed by atoms with E-state index in [2.05, 4.69) is 14.8 Å². The second-order valence-electron chi connectivity index (χ2n) is 5.14. The predicted molar refractivity (Wildman–Crippen MR) is 93.4 cm³/mol. The summed E-state index contributed by atoms with van der Waals surface area (Å²) in [5.74, 6) is 1.58. The van der Waals surface area contributed by atoms with E-state index >= 15 is 0 Å². The van der Waals surface area contributed by atoms with E-state index in [4.69, 9.17) is 0 Å². The van der Waals surface area contributed by atoms with Gasteiger partial charge in [-0.25, -0.2) is 0 Å². The molecule has 0 saturated heterocycles. The van der Waals surface area contributed by atoms with Gasteiger partial charge in [-0.2, -0.15) is 0 Å². The first-order valence-electron chi connectivity index (χ1n) is 7.55. The number of nitro groups is 1. The molecular weight excluding hydrogens is 324 g/mol. The summed E-state index contributed by atoms with van der Waals surface area (Å²) in [5.41, 5.74) is 2.14. The van der Waals surface area contributed by atoms with Gasteiger partial charge < -0.3 is 0 Å². The van der Waals surface area contributed by atoms with Crippen molar-refractivity contribution in [3.63, 3.8) is 0 Å². The lowest BCUT2D eigenvalue weighted by molar-refractivity contribution is -0.384. The summed E-state index contributed by atoms with van der Waals surface area (Å²) in [6.45, 7) is 2.05. The molecule has 0 amide bonds. The smallest absolute Gasteiger partial charge is 0.269 e. The quantitative estimate of drug-likeness (QED) is 0.385. The molecule has 0 aliphatic heterocycles. The van der Waals surface area contributed by atoms with Crippen LogP contribution in [0.3, 0.4) is 0 Å². The van der Waals surface area contributed by atoms with E-state index in [0.29, 0.717) is 5.75 Å². The number of nitrogens with zero attached hydrogens (tertiary/aromatic N) is 4. The fourth-order valence-corrected chi connectivity index (χ4v) is 3.25. The van der Waals surface area contributed by atoms with E-state index in [1.165, 1.54) is 12.1 Å². The van der Waals surface area contributed by atoms with Crippen LogP contribution < -0.4 is 0 Å². The molecule has 0 radical (unpaired) electrons. The van der Waals surface area contributed by atoms with E-state index in [-0.39, 0.29) is 5.69 Å². The SMILES string of the molecule is CCc1nnc(SCc2ccc([N+](=O)[O-])cc2)n1-c1ccccc1. The van der Waals surface area contributed by atoms with Crippen LogP contribution in [0.15, 0.2) is 59.8 Å². The molecule has 0 aliphatic rings. The van der Waals surface area contributed by atoms with Gasteiger partial charge in [0.05, 0.1) is 4.92 Å². The van der Waals surface area contributed by atoms with E-state index in [0.717, 1.165) is 28.7 Å². The van der Waals surface area contributed by atoms with Gasteiger partial charge in [-0.1, -0.05) is 49.0 Å². The van der Waals surface area contributed by atoms with Crippen LogP contribution >= 0.6 is 11.8 Å². The Morgan fingerprint density at radius 1 is 1.08 bits per heavy atom. The molecule has 0 spiro atoms. The molecule has 1 heterocycles. The van der Waals surface area contributed by atoms with Crippen molar-refractivity contribution in [3.8, 4) is 5.69 Å². The number of hydrogen-bond acceptors (Lipinski definition) is 5. The third kappa shape index (κ3) is 3.46. The predicted octanol–water partition coefficient (Wildman–Crippen LogP) is 4.03. The Balaban J connectivity index is 1.81. The largest absolute Gasteiger partial charge is 0.274 e. The number of non-ortho nitro benzene ring substituents is 1. The molecule has 0 saturated carbocycles. The number of hydrogen-bond donors (Lipinski definition) is 0. The summed E-state index contributed by atoms with van der Waals surface area (Å²) < 4.78 is 2.05. The zero-order valence-electron chi connectivity index (χ0n) is 13.1. The first-order valence-corrected chi connectivity index (χ1v) is 8.53. The van der Waals surface area contributed by atoms with Gasteiger partial charge in [0.2, 0.25) is 0 Å². The first kappa shape index (κ1) is 16.2. The molecule has 122 valence electrons. The summed E-state index contributed by atoms with van der Waals surface area (Å²) in [4.78, 5) is 10.3. The van der Waals surface area contributed by atoms with Crippen LogP contribution in [0.1, 0.15) is 18.3 Å². The average Bonchev–Trinajstić information content (AvgIpc) is 3.04. The van der Waals surface area contributed by atoms with Crippen LogP contribution in [0.4, 0.5) is 5.69 Å². The van der Waals surface area contributed by atoms with Gasteiger partial charge >= 0.3 is 0 Å². The molecule has 0 aliphatic carbocycles. The summed E-state index contributed by atoms with van der Waals surface area (Å²) in [6, 6.07) is 16.6. The minimum atomic E-state index is -0.392. The Morgan fingerprint density at radius 3 is 2.42 bits per heavy atom. The first-order chi connectivity index (χ1) is 11.7. The third-order valence-electron chi connectivity index (χ3n) is 3.55. The maximum atomic E-state index is 10.7. The molecule has 3 rings (SSSR count). The van der Waals surface area contributed by atoms with Gasteiger partial charge in [0.1, 0.15) is 5.82 Å². The van der Waals surface area contributed by atoms with Crippen molar-refractivity contribution in [2.45, 2.75) is 24.3 Å². The van der Waals surface area contributed by atoms with Gasteiger partial charge in [-0.05, 0) is 17.7 Å². The number of benzene rings is 2. The Labute approximate surface area is 143 Å². The second kappa shape index (κ2) is 7.27. The molecular formula is C17H16N4O2S. The van der Waals surface area contributed by atoms with Gasteiger partial charge in [0.15, 0.2) is 5.16 Å². The molecule has 3 aromatic rings. The number of rotatable bonds is 6. The monoisotopic (exact) mass is 340 g/mol. The van der Waals surface area contributed by atoms with Crippen molar-refractivity contribution in [2.75, 3.05) is 0 Å². The van der Waals surface area contributed by atoms with Crippen molar-refractivity contribution in [3.05, 3.63) is 76.1 Å². The Kier molecular flexibility index (Phi) is 4.90. The number of para-hydroxylation sites is 1. The molecule has 0 unspecified atom stereocenters. The lowest BCUT2D eigenvalue weighted by Gasteiger charge is -2.09. The topological polar surface area (TPSA) is 73.8 Å². The van der Waals surface area contributed by atoms with Gasteiger partial charge in [0, 0.05) is 30.0 Å². The average molecular weight is 340 g/mol. The highest BCUT2D eigenvalue weighted by molar-refractivity contribution is 7.98. The summed E-state index contributed by atoms with van der Waals surface area (Å²) in [5, 5.41) is 20.1. The van der Waals surface area contributed by atoms with Crippen LogP contribution in [-0.4, -0.2) is 19.7 Å². The summed E-state index contributed by atoms with van der Waals surface area (Å²) >= 11 is 1.56. The summed E-state index contributed by atoms with van der Waals surface area (Å²) in [6.07, 6.45) is 0.792. The number of thioether (sulfide) groups is 1. The molecule has 24 heavy (non-hydrogen) atoms. The zero-order valence-corrected chi connectivity index (χ0v) is 13.9. The normalized spacial score (nSPS) is 10.7. The van der Waals surface area contributed by atoms with Crippen molar-refractivity contribution in [1.82, 2.24) is 14.8 Å². The maximum absolute atomic E-state index is 10.7. The molecule has 0 fully saturated rings. The van der Waals surface area contributed by atoms with E-state index in [9.17, 15) is 10.1 Å². The number of aromatic nitrogens is 3. The van der Waals surface area contributed by atoms with Crippen LogP contribution in [-0.2, 0) is 12.2 Å². The highest BCUT2D eigenvalue weighted by Crippen LogP contribution is 2.26. The Hall–Kier alpha value is -2.67. The number of aryl methyl sites for hydroxylation is 1. The number of nitro benzene ring substituents is 1. The second-order valence-corrected chi connectivity index (χ2v) is 6.08. The lowest BCUT2D eigenvalue weighted by atomic mass is 10.2. The molecule has 0 atom stereocenters. The molecule has 1 aromatic heterocycles. The highest BCUT2D eigenvalue weighted by atomic mass is 32.2. The van der Waals surface area contributed by atoms with Crippen LogP contribution in [0.2, 0.25) is 0 Å². The Morgan fingerprint density at radius 2 is 1.79 bits per heavy atom. The van der Waals surface area contributed by atoms with Gasteiger partial charge in [0.25, 0.3) is 5.69 Å². The minimum absolute atomic E-state index is 0.101. The fraction of sp³-hybridized carbons (Fsp3) is 0.176. The minimum Gasteiger partial charge on any atom is -0.274 e. The maximum Gasteiger partial charge on any atom is 0.269 e.